The van der Waals surface area contributed by atoms with E-state index in [1.807, 2.05) is 6.07 Å². The lowest BCUT2D eigenvalue weighted by Crippen LogP contribution is -2.23. The lowest BCUT2D eigenvalue weighted by atomic mass is 10.3. The standard InChI is InChI=1S/C13H18ClN3O/c1-8-5-9(8)7-16-13(15)17-10-3-4-12(18-2)11(14)6-10/h3-4,6,8-9H,5,7H2,1-2H3,(H3,15,16,17). The highest BCUT2D eigenvalue weighted by atomic mass is 35.5. The number of hydrogen-bond acceptors (Lipinski definition) is 2. The minimum atomic E-state index is 0.426. The van der Waals surface area contributed by atoms with E-state index in [1.165, 1.54) is 6.42 Å². The van der Waals surface area contributed by atoms with E-state index >= 15 is 0 Å². The summed E-state index contributed by atoms with van der Waals surface area (Å²) in [7, 11) is 1.58. The van der Waals surface area contributed by atoms with Gasteiger partial charge in [0, 0.05) is 12.2 Å². The highest BCUT2D eigenvalue weighted by molar-refractivity contribution is 6.32. The number of rotatable bonds is 4. The van der Waals surface area contributed by atoms with Gasteiger partial charge in [0.15, 0.2) is 5.96 Å². The van der Waals surface area contributed by atoms with Gasteiger partial charge >= 0.3 is 0 Å². The Balaban J connectivity index is 1.93. The number of halogens is 1. The monoisotopic (exact) mass is 267 g/mol. The number of nitrogens with two attached hydrogens (primary N) is 1. The number of ether oxygens (including phenoxy) is 1. The number of nitrogens with zero attached hydrogens (tertiary/aromatic N) is 1. The summed E-state index contributed by atoms with van der Waals surface area (Å²) in [4.78, 5) is 4.31. The number of guanidine groups is 1. The van der Waals surface area contributed by atoms with Crippen LogP contribution in [-0.2, 0) is 0 Å². The number of anilines is 1. The van der Waals surface area contributed by atoms with Gasteiger partial charge < -0.3 is 15.8 Å². The molecular weight excluding hydrogens is 250 g/mol. The van der Waals surface area contributed by atoms with Crippen LogP contribution in [-0.4, -0.2) is 19.6 Å². The Morgan fingerprint density at radius 2 is 2.33 bits per heavy atom. The number of benzene rings is 1. The molecule has 98 valence electrons. The highest BCUT2D eigenvalue weighted by Gasteiger charge is 2.31. The first-order valence-electron chi connectivity index (χ1n) is 6.00. The lowest BCUT2D eigenvalue weighted by Gasteiger charge is -2.08. The molecule has 0 saturated heterocycles. The maximum absolute atomic E-state index is 6.02. The fraction of sp³-hybridized carbons (Fsp3) is 0.462. The largest absolute Gasteiger partial charge is 0.495 e. The van der Waals surface area contributed by atoms with Gasteiger partial charge in [-0.25, -0.2) is 0 Å². The molecule has 0 radical (unpaired) electrons. The van der Waals surface area contributed by atoms with Crippen LogP contribution in [0.1, 0.15) is 13.3 Å². The molecule has 4 nitrogen and oxygen atoms in total. The van der Waals surface area contributed by atoms with Crippen molar-refractivity contribution in [3.8, 4) is 5.75 Å². The van der Waals surface area contributed by atoms with Gasteiger partial charge in [-0.1, -0.05) is 18.5 Å². The predicted octanol–water partition coefficient (Wildman–Crippen LogP) is 2.73. The summed E-state index contributed by atoms with van der Waals surface area (Å²) in [5, 5.41) is 3.57. The molecule has 0 bridgehead atoms. The molecule has 18 heavy (non-hydrogen) atoms. The van der Waals surface area contributed by atoms with E-state index < -0.39 is 0 Å². The van der Waals surface area contributed by atoms with Crippen LogP contribution in [0.4, 0.5) is 5.69 Å². The molecule has 0 spiro atoms. The van der Waals surface area contributed by atoms with Crippen molar-refractivity contribution in [1.29, 1.82) is 0 Å². The van der Waals surface area contributed by atoms with Gasteiger partial charge in [0.05, 0.1) is 12.1 Å². The molecule has 1 aliphatic rings. The van der Waals surface area contributed by atoms with Crippen molar-refractivity contribution in [1.82, 2.24) is 0 Å². The van der Waals surface area contributed by atoms with E-state index in [1.54, 1.807) is 19.2 Å². The zero-order valence-electron chi connectivity index (χ0n) is 10.6. The lowest BCUT2D eigenvalue weighted by molar-refractivity contribution is 0.415. The molecule has 0 heterocycles. The van der Waals surface area contributed by atoms with Gasteiger partial charge in [-0.05, 0) is 36.5 Å². The van der Waals surface area contributed by atoms with Gasteiger partial charge in [0.1, 0.15) is 5.75 Å². The van der Waals surface area contributed by atoms with Crippen molar-refractivity contribution in [2.75, 3.05) is 19.0 Å². The van der Waals surface area contributed by atoms with Gasteiger partial charge in [0.25, 0.3) is 0 Å². The SMILES string of the molecule is COc1ccc(NC(N)=NCC2CC2C)cc1Cl. The summed E-state index contributed by atoms with van der Waals surface area (Å²) < 4.78 is 5.08. The van der Waals surface area contributed by atoms with Gasteiger partial charge in [-0.15, -0.1) is 0 Å². The Morgan fingerprint density at radius 3 is 2.89 bits per heavy atom. The smallest absolute Gasteiger partial charge is 0.193 e. The van der Waals surface area contributed by atoms with Crippen LogP contribution >= 0.6 is 11.6 Å². The molecule has 5 heteroatoms. The van der Waals surface area contributed by atoms with E-state index in [-0.39, 0.29) is 0 Å². The first kappa shape index (κ1) is 13.0. The molecule has 1 fully saturated rings. The number of aliphatic imine (C=N–C) groups is 1. The second-order valence-electron chi connectivity index (χ2n) is 4.67. The van der Waals surface area contributed by atoms with Crippen molar-refractivity contribution in [2.24, 2.45) is 22.6 Å². The fourth-order valence-corrected chi connectivity index (χ4v) is 2.06. The minimum Gasteiger partial charge on any atom is -0.495 e. The van der Waals surface area contributed by atoms with Crippen molar-refractivity contribution in [3.05, 3.63) is 23.2 Å². The summed E-state index contributed by atoms with van der Waals surface area (Å²) in [5.41, 5.74) is 6.62. The highest BCUT2D eigenvalue weighted by Crippen LogP contribution is 2.37. The molecule has 1 aliphatic carbocycles. The quantitative estimate of drug-likeness (QED) is 0.651. The van der Waals surface area contributed by atoms with Crippen LogP contribution in [0.5, 0.6) is 5.75 Å². The van der Waals surface area contributed by atoms with Crippen molar-refractivity contribution >= 4 is 23.2 Å². The predicted molar refractivity (Wildman–Crippen MR) is 75.4 cm³/mol. The minimum absolute atomic E-state index is 0.426. The van der Waals surface area contributed by atoms with Crippen LogP contribution in [0.3, 0.4) is 0 Å². The summed E-state index contributed by atoms with van der Waals surface area (Å²) in [5.74, 6) is 2.56. The van der Waals surface area contributed by atoms with Crippen LogP contribution in [0.15, 0.2) is 23.2 Å². The van der Waals surface area contributed by atoms with E-state index in [0.29, 0.717) is 22.6 Å². The molecule has 0 amide bonds. The maximum Gasteiger partial charge on any atom is 0.193 e. The normalized spacial score (nSPS) is 22.7. The van der Waals surface area contributed by atoms with Crippen molar-refractivity contribution < 1.29 is 4.74 Å². The Labute approximate surface area is 112 Å². The van der Waals surface area contributed by atoms with E-state index in [0.717, 1.165) is 18.2 Å². The first-order valence-corrected chi connectivity index (χ1v) is 6.38. The third kappa shape index (κ3) is 3.29. The molecule has 1 aromatic rings. The van der Waals surface area contributed by atoms with Gasteiger partial charge in [-0.3, -0.25) is 4.99 Å². The van der Waals surface area contributed by atoms with Crippen LogP contribution in [0.2, 0.25) is 5.02 Å². The molecule has 2 unspecified atom stereocenters. The average Bonchev–Trinajstić information content (AvgIpc) is 3.03. The van der Waals surface area contributed by atoms with Gasteiger partial charge in [-0.2, -0.15) is 0 Å². The molecule has 1 saturated carbocycles. The second-order valence-corrected chi connectivity index (χ2v) is 5.08. The zero-order chi connectivity index (χ0) is 13.1. The third-order valence-electron chi connectivity index (χ3n) is 3.20. The molecule has 0 aliphatic heterocycles. The van der Waals surface area contributed by atoms with Crippen molar-refractivity contribution in [2.45, 2.75) is 13.3 Å². The Kier molecular flexibility index (Phi) is 3.97. The molecule has 0 aromatic heterocycles. The zero-order valence-corrected chi connectivity index (χ0v) is 11.4. The third-order valence-corrected chi connectivity index (χ3v) is 3.49. The molecule has 1 aromatic carbocycles. The summed E-state index contributed by atoms with van der Waals surface area (Å²) in [6.45, 7) is 3.02. The number of hydrogen-bond donors (Lipinski definition) is 2. The first-order chi connectivity index (χ1) is 8.60. The average molecular weight is 268 g/mol. The van der Waals surface area contributed by atoms with E-state index in [9.17, 15) is 0 Å². The van der Waals surface area contributed by atoms with Crippen LogP contribution in [0, 0.1) is 11.8 Å². The van der Waals surface area contributed by atoms with E-state index in [2.05, 4.69) is 17.2 Å². The molecule has 2 rings (SSSR count). The van der Waals surface area contributed by atoms with E-state index in [4.69, 9.17) is 22.1 Å². The fourth-order valence-electron chi connectivity index (χ4n) is 1.80. The summed E-state index contributed by atoms with van der Waals surface area (Å²) in [6.07, 6.45) is 1.26. The molecular formula is C13H18ClN3O. The number of methoxy groups -OCH3 is 1. The topological polar surface area (TPSA) is 59.6 Å². The van der Waals surface area contributed by atoms with Gasteiger partial charge in [0.2, 0.25) is 0 Å². The molecule has 2 atom stereocenters. The summed E-state index contributed by atoms with van der Waals surface area (Å²) >= 11 is 6.02. The summed E-state index contributed by atoms with van der Waals surface area (Å²) in [6, 6.07) is 5.41. The van der Waals surface area contributed by atoms with Crippen molar-refractivity contribution in [3.63, 3.8) is 0 Å². The van der Waals surface area contributed by atoms with Crippen LogP contribution < -0.4 is 15.8 Å². The maximum atomic E-state index is 6.02. The molecule has 3 N–H and O–H groups in total. The Hall–Kier alpha value is -1.42. The second kappa shape index (κ2) is 5.48. The number of nitrogens with one attached hydrogen (secondary N) is 1. The Morgan fingerprint density at radius 1 is 1.61 bits per heavy atom. The Bertz CT molecular complexity index is 462. The van der Waals surface area contributed by atoms with Crippen LogP contribution in [0.25, 0.3) is 0 Å².